The largest absolute Gasteiger partial charge is 1.00 e. The molecule has 118 valence electrons. The van der Waals surface area contributed by atoms with Crippen LogP contribution in [0.25, 0.3) is 33.0 Å². The predicted octanol–water partition coefficient (Wildman–Crippen LogP) is 1.44. The highest BCUT2D eigenvalue weighted by molar-refractivity contribution is 5.85. The lowest BCUT2D eigenvalue weighted by atomic mass is 10.1. The van der Waals surface area contributed by atoms with Crippen LogP contribution in [0.1, 0.15) is 5.56 Å². The highest BCUT2D eigenvalue weighted by atomic mass is 127. The molecule has 0 N–H and O–H groups in total. The number of aromatic nitrogens is 2. The Balaban J connectivity index is 0.00000146. The third-order valence-corrected chi connectivity index (χ3v) is 4.52. The molecule has 0 fully saturated rings. The summed E-state index contributed by atoms with van der Waals surface area (Å²) in [6, 6.07) is 19.7. The van der Waals surface area contributed by atoms with E-state index < -0.39 is 0 Å². The van der Waals surface area contributed by atoms with Gasteiger partial charge in [0.05, 0.1) is 0 Å². The Bertz CT molecular complexity index is 1240. The van der Waals surface area contributed by atoms with Gasteiger partial charge in [-0.25, -0.2) is 4.39 Å². The van der Waals surface area contributed by atoms with Gasteiger partial charge in [-0.05, 0) is 55.0 Å². The van der Waals surface area contributed by atoms with Gasteiger partial charge in [0.25, 0.3) is 5.65 Å². The van der Waals surface area contributed by atoms with E-state index in [0.29, 0.717) is 0 Å². The van der Waals surface area contributed by atoms with Gasteiger partial charge in [-0.1, -0.05) is 12.1 Å². The molecule has 2 aromatic carbocycles. The number of imidazole rings is 1. The Kier molecular flexibility index (Phi) is 3.46. The van der Waals surface area contributed by atoms with Crippen molar-refractivity contribution in [3.63, 3.8) is 0 Å². The maximum atomic E-state index is 13.5. The van der Waals surface area contributed by atoms with E-state index in [0.717, 1.165) is 22.1 Å². The zero-order chi connectivity index (χ0) is 15.6. The average molecular weight is 428 g/mol. The Morgan fingerprint density at radius 1 is 0.875 bits per heavy atom. The first-order valence-electron chi connectivity index (χ1n) is 7.65. The van der Waals surface area contributed by atoms with Crippen molar-refractivity contribution in [3.8, 4) is 0 Å². The highest BCUT2D eigenvalue weighted by Crippen LogP contribution is 2.22. The van der Waals surface area contributed by atoms with Crippen molar-refractivity contribution in [2.24, 2.45) is 0 Å². The van der Waals surface area contributed by atoms with E-state index >= 15 is 0 Å². The van der Waals surface area contributed by atoms with Crippen molar-refractivity contribution in [1.29, 1.82) is 0 Å². The van der Waals surface area contributed by atoms with Gasteiger partial charge in [0.2, 0.25) is 0 Å². The Labute approximate surface area is 155 Å². The first-order chi connectivity index (χ1) is 11.2. The van der Waals surface area contributed by atoms with Gasteiger partial charge in [-0.15, -0.1) is 0 Å². The van der Waals surface area contributed by atoms with Crippen LogP contribution in [0.4, 0.5) is 4.39 Å². The molecule has 2 nitrogen and oxygen atoms in total. The minimum atomic E-state index is -0.206. The number of rotatable bonds is 0. The lowest BCUT2D eigenvalue weighted by molar-refractivity contribution is -0.479. The zero-order valence-corrected chi connectivity index (χ0v) is 15.2. The van der Waals surface area contributed by atoms with E-state index in [-0.39, 0.29) is 29.8 Å². The summed E-state index contributed by atoms with van der Waals surface area (Å²) in [5, 5.41) is 2.11. The quantitative estimate of drug-likeness (QED) is 0.261. The van der Waals surface area contributed by atoms with Gasteiger partial charge in [0, 0.05) is 16.8 Å². The Morgan fingerprint density at radius 3 is 2.54 bits per heavy atom. The molecule has 0 atom stereocenters. The van der Waals surface area contributed by atoms with E-state index in [1.54, 1.807) is 6.07 Å². The van der Waals surface area contributed by atoms with Gasteiger partial charge >= 0.3 is 0 Å². The van der Waals surface area contributed by atoms with Crippen molar-refractivity contribution in [1.82, 2.24) is 4.40 Å². The van der Waals surface area contributed by atoms with E-state index in [2.05, 4.69) is 52.3 Å². The summed E-state index contributed by atoms with van der Waals surface area (Å²) in [5.74, 6) is -0.206. The predicted molar refractivity (Wildman–Crippen MR) is 90.3 cm³/mol. The normalized spacial score (nSPS) is 11.4. The molecule has 0 saturated heterocycles. The van der Waals surface area contributed by atoms with Crippen molar-refractivity contribution < 1.29 is 32.8 Å². The van der Waals surface area contributed by atoms with Crippen LogP contribution >= 0.6 is 0 Å². The van der Waals surface area contributed by atoms with Crippen LogP contribution in [0.5, 0.6) is 0 Å². The van der Waals surface area contributed by atoms with E-state index in [4.69, 9.17) is 0 Å². The molecule has 3 aromatic heterocycles. The minimum Gasteiger partial charge on any atom is -1.00 e. The summed E-state index contributed by atoms with van der Waals surface area (Å²) < 4.78 is 17.9. The van der Waals surface area contributed by atoms with Crippen LogP contribution in [0.3, 0.4) is 0 Å². The second-order valence-corrected chi connectivity index (χ2v) is 6.05. The average Bonchev–Trinajstić information content (AvgIpc) is 2.94. The van der Waals surface area contributed by atoms with E-state index in [1.165, 1.54) is 22.5 Å². The number of halogens is 2. The van der Waals surface area contributed by atoms with Crippen LogP contribution in [0.2, 0.25) is 0 Å². The molecule has 0 unspecified atom stereocenters. The Hall–Kier alpha value is -2.21. The minimum absolute atomic E-state index is 0. The van der Waals surface area contributed by atoms with Gasteiger partial charge in [-0.3, -0.25) is 0 Å². The molecule has 3 heterocycles. The molecule has 0 aliphatic heterocycles. The van der Waals surface area contributed by atoms with Gasteiger partial charge in [-0.2, -0.15) is 8.80 Å². The number of pyridine rings is 2. The maximum absolute atomic E-state index is 13.5. The third kappa shape index (κ3) is 2.09. The van der Waals surface area contributed by atoms with E-state index in [9.17, 15) is 4.39 Å². The summed E-state index contributed by atoms with van der Waals surface area (Å²) in [6.07, 6.45) is 2.14. The number of aryl methyl sites for hydroxylation is 1. The Morgan fingerprint density at radius 2 is 1.67 bits per heavy atom. The molecule has 0 spiro atoms. The molecule has 0 amide bonds. The fraction of sp³-hybridized carbons (Fsp3) is 0.0500. The fourth-order valence-corrected chi connectivity index (χ4v) is 3.43. The molecule has 0 radical (unpaired) electrons. The van der Waals surface area contributed by atoms with Crippen LogP contribution in [-0.4, -0.2) is 4.40 Å². The summed E-state index contributed by atoms with van der Waals surface area (Å²) in [5.41, 5.74) is 5.60. The first-order valence-corrected chi connectivity index (χ1v) is 7.65. The van der Waals surface area contributed by atoms with Gasteiger partial charge in [0.1, 0.15) is 23.0 Å². The molecule has 0 saturated carbocycles. The van der Waals surface area contributed by atoms with Gasteiger partial charge in [0.15, 0.2) is 5.52 Å². The number of fused-ring (bicyclic) bond motifs is 7. The molecule has 4 heteroatoms. The molecule has 5 aromatic rings. The highest BCUT2D eigenvalue weighted by Gasteiger charge is 2.16. The summed E-state index contributed by atoms with van der Waals surface area (Å²) in [6.45, 7) is 2.10. The molecular formula is C20H14FIN2. The van der Waals surface area contributed by atoms with Gasteiger partial charge < -0.3 is 24.0 Å². The summed E-state index contributed by atoms with van der Waals surface area (Å²) in [7, 11) is 0. The smallest absolute Gasteiger partial charge is 0.292 e. The van der Waals surface area contributed by atoms with Crippen molar-refractivity contribution in [2.75, 3.05) is 0 Å². The first kappa shape index (κ1) is 15.3. The van der Waals surface area contributed by atoms with Crippen LogP contribution < -0.4 is 28.4 Å². The van der Waals surface area contributed by atoms with Crippen molar-refractivity contribution >= 4 is 33.0 Å². The molecule has 0 bridgehead atoms. The number of nitrogens with zero attached hydrogens (tertiary/aromatic N) is 2. The van der Waals surface area contributed by atoms with Crippen molar-refractivity contribution in [2.45, 2.75) is 6.92 Å². The maximum Gasteiger partial charge on any atom is 0.292 e. The molecule has 24 heavy (non-hydrogen) atoms. The van der Waals surface area contributed by atoms with E-state index in [1.807, 2.05) is 18.2 Å². The van der Waals surface area contributed by atoms with Crippen LogP contribution in [0.15, 0.2) is 66.9 Å². The van der Waals surface area contributed by atoms with Crippen LogP contribution in [0, 0.1) is 12.7 Å². The topological polar surface area (TPSA) is 8.51 Å². The standard InChI is InChI=1S/C20H14FN2.HI/c1-13-2-3-14-5-9-20-22(19(14)10-13)12-17-7-4-15-11-16(21)6-8-18(15)23(17)20;/h2-12H,1H3;1H/q+1;/p-1. The molecule has 0 aliphatic rings. The lowest BCUT2D eigenvalue weighted by Gasteiger charge is -2.00. The third-order valence-electron chi connectivity index (χ3n) is 4.52. The fourth-order valence-electron chi connectivity index (χ4n) is 3.43. The zero-order valence-electron chi connectivity index (χ0n) is 13.0. The summed E-state index contributed by atoms with van der Waals surface area (Å²) in [4.78, 5) is 0. The second kappa shape index (κ2) is 5.41. The lowest BCUT2D eigenvalue weighted by Crippen LogP contribution is -3.00. The number of hydrogen-bond donors (Lipinski definition) is 0. The monoisotopic (exact) mass is 428 g/mol. The number of benzene rings is 2. The van der Waals surface area contributed by atoms with Crippen molar-refractivity contribution in [3.05, 3.63) is 78.2 Å². The molecular weight excluding hydrogens is 414 g/mol. The van der Waals surface area contributed by atoms with Crippen LogP contribution in [-0.2, 0) is 0 Å². The molecule has 0 aliphatic carbocycles. The SMILES string of the molecule is Cc1ccc2ccc3n4c(ccc5cc(F)ccc54)c[n+]3c2c1.[I-]. The second-order valence-electron chi connectivity index (χ2n) is 6.05. The summed E-state index contributed by atoms with van der Waals surface area (Å²) >= 11 is 0. The number of hydrogen-bond acceptors (Lipinski definition) is 0. The molecule has 5 rings (SSSR count).